The fourth-order valence-corrected chi connectivity index (χ4v) is 3.55. The number of carbonyl (C=O) groups is 1. The molecule has 1 saturated carbocycles. The summed E-state index contributed by atoms with van der Waals surface area (Å²) >= 11 is 0. The summed E-state index contributed by atoms with van der Waals surface area (Å²) in [5, 5.41) is 0. The zero-order valence-electron chi connectivity index (χ0n) is 12.5. The highest BCUT2D eigenvalue weighted by Crippen LogP contribution is 2.41. The second kappa shape index (κ2) is 6.23. The normalized spacial score (nSPS) is 28.4. The predicted molar refractivity (Wildman–Crippen MR) is 77.8 cm³/mol. The van der Waals surface area contributed by atoms with Crippen molar-refractivity contribution >= 4 is 5.91 Å². The summed E-state index contributed by atoms with van der Waals surface area (Å²) in [4.78, 5) is 17.2. The Hall–Kier alpha value is -0.610. The van der Waals surface area contributed by atoms with Crippen LogP contribution in [0.15, 0.2) is 0 Å². The Morgan fingerprint density at radius 3 is 2.47 bits per heavy atom. The van der Waals surface area contributed by atoms with Gasteiger partial charge in [0.15, 0.2) is 0 Å². The minimum absolute atomic E-state index is 0.184. The highest BCUT2D eigenvalue weighted by Gasteiger charge is 2.39. The van der Waals surface area contributed by atoms with Gasteiger partial charge >= 0.3 is 0 Å². The van der Waals surface area contributed by atoms with Crippen LogP contribution in [0, 0.1) is 11.3 Å². The zero-order chi connectivity index (χ0) is 13.9. The van der Waals surface area contributed by atoms with Crippen molar-refractivity contribution in [2.24, 2.45) is 17.1 Å². The Bertz CT molecular complexity index is 309. The lowest BCUT2D eigenvalue weighted by molar-refractivity contribution is -0.143. The highest BCUT2D eigenvalue weighted by atomic mass is 16.2. The van der Waals surface area contributed by atoms with E-state index in [1.165, 1.54) is 19.3 Å². The van der Waals surface area contributed by atoms with Crippen LogP contribution in [0.2, 0.25) is 0 Å². The fourth-order valence-electron chi connectivity index (χ4n) is 3.55. The number of piperazine rings is 1. The number of nitrogens with two attached hydrogens (primary N) is 1. The zero-order valence-corrected chi connectivity index (χ0v) is 12.5. The molecule has 1 aliphatic carbocycles. The third-order valence-electron chi connectivity index (χ3n) is 4.93. The third kappa shape index (κ3) is 3.48. The maximum absolute atomic E-state index is 12.7. The molecule has 2 fully saturated rings. The quantitative estimate of drug-likeness (QED) is 0.838. The molecule has 2 N–H and O–H groups in total. The van der Waals surface area contributed by atoms with Crippen LogP contribution in [0.25, 0.3) is 0 Å². The summed E-state index contributed by atoms with van der Waals surface area (Å²) < 4.78 is 0. The van der Waals surface area contributed by atoms with Gasteiger partial charge in [0.1, 0.15) is 0 Å². The van der Waals surface area contributed by atoms with Gasteiger partial charge in [-0.1, -0.05) is 26.7 Å². The maximum atomic E-state index is 12.7. The van der Waals surface area contributed by atoms with Crippen LogP contribution < -0.4 is 5.73 Å². The number of hydrogen-bond acceptors (Lipinski definition) is 3. The summed E-state index contributed by atoms with van der Waals surface area (Å²) in [7, 11) is 0. The molecule has 0 spiro atoms. The SMILES string of the molecule is CC1(C)CCCCC1C(=O)N1CCN(CCN)CC1. The summed E-state index contributed by atoms with van der Waals surface area (Å²) in [6.45, 7) is 9.92. The monoisotopic (exact) mass is 267 g/mol. The molecule has 0 aromatic heterocycles. The molecule has 110 valence electrons. The summed E-state index contributed by atoms with van der Waals surface area (Å²) in [6.07, 6.45) is 4.76. The Kier molecular flexibility index (Phi) is 4.85. The molecule has 0 radical (unpaired) electrons. The fraction of sp³-hybridized carbons (Fsp3) is 0.933. The van der Waals surface area contributed by atoms with E-state index in [9.17, 15) is 4.79 Å². The van der Waals surface area contributed by atoms with Gasteiger partial charge in [0.05, 0.1) is 0 Å². The van der Waals surface area contributed by atoms with Gasteiger partial charge in [-0.25, -0.2) is 0 Å². The van der Waals surface area contributed by atoms with Crippen molar-refractivity contribution in [3.63, 3.8) is 0 Å². The minimum atomic E-state index is 0.184. The van der Waals surface area contributed by atoms with E-state index in [0.717, 1.165) is 39.1 Å². The van der Waals surface area contributed by atoms with E-state index < -0.39 is 0 Å². The molecule has 1 amide bonds. The second-order valence-corrected chi connectivity index (χ2v) is 6.74. The van der Waals surface area contributed by atoms with E-state index in [4.69, 9.17) is 5.73 Å². The van der Waals surface area contributed by atoms with Crippen LogP contribution in [-0.4, -0.2) is 55.0 Å². The maximum Gasteiger partial charge on any atom is 0.226 e. The van der Waals surface area contributed by atoms with Gasteiger partial charge in [-0.05, 0) is 18.3 Å². The molecule has 19 heavy (non-hydrogen) atoms. The third-order valence-corrected chi connectivity index (χ3v) is 4.93. The number of nitrogens with zero attached hydrogens (tertiary/aromatic N) is 2. The Morgan fingerprint density at radius 1 is 1.21 bits per heavy atom. The Balaban J connectivity index is 1.90. The molecule has 1 aliphatic heterocycles. The molecule has 1 atom stereocenters. The molecule has 4 heteroatoms. The average molecular weight is 267 g/mol. The van der Waals surface area contributed by atoms with E-state index in [1.807, 2.05) is 0 Å². The van der Waals surface area contributed by atoms with Crippen LogP contribution in [0.3, 0.4) is 0 Å². The molecule has 1 heterocycles. The average Bonchev–Trinajstić information content (AvgIpc) is 2.39. The lowest BCUT2D eigenvalue weighted by Gasteiger charge is -2.42. The van der Waals surface area contributed by atoms with Crippen LogP contribution >= 0.6 is 0 Å². The molecule has 1 unspecified atom stereocenters. The Labute approximate surface area is 117 Å². The molecular weight excluding hydrogens is 238 g/mol. The van der Waals surface area contributed by atoms with Crippen LogP contribution in [0.4, 0.5) is 0 Å². The minimum Gasteiger partial charge on any atom is -0.340 e. The van der Waals surface area contributed by atoms with Crippen molar-refractivity contribution < 1.29 is 4.79 Å². The van der Waals surface area contributed by atoms with E-state index in [2.05, 4.69) is 23.6 Å². The highest BCUT2D eigenvalue weighted by molar-refractivity contribution is 5.79. The standard InChI is InChI=1S/C15H29N3O/c1-15(2)6-4-3-5-13(15)14(19)18-11-9-17(8-7-16)10-12-18/h13H,3-12,16H2,1-2H3. The molecular formula is C15H29N3O. The van der Waals surface area contributed by atoms with Crippen molar-refractivity contribution in [3.05, 3.63) is 0 Å². The number of carbonyl (C=O) groups excluding carboxylic acids is 1. The molecule has 2 aliphatic rings. The molecule has 0 aromatic carbocycles. The lowest BCUT2D eigenvalue weighted by Crippen LogP contribution is -2.53. The van der Waals surface area contributed by atoms with Crippen LogP contribution in [0.5, 0.6) is 0 Å². The van der Waals surface area contributed by atoms with E-state index >= 15 is 0 Å². The largest absolute Gasteiger partial charge is 0.340 e. The van der Waals surface area contributed by atoms with E-state index in [0.29, 0.717) is 12.5 Å². The van der Waals surface area contributed by atoms with Gasteiger partial charge in [0, 0.05) is 45.2 Å². The molecule has 1 saturated heterocycles. The van der Waals surface area contributed by atoms with Gasteiger partial charge in [-0.3, -0.25) is 9.69 Å². The van der Waals surface area contributed by atoms with Gasteiger partial charge in [0.2, 0.25) is 5.91 Å². The van der Waals surface area contributed by atoms with Crippen LogP contribution in [-0.2, 0) is 4.79 Å². The molecule has 0 bridgehead atoms. The van der Waals surface area contributed by atoms with Crippen molar-refractivity contribution in [1.82, 2.24) is 9.80 Å². The summed E-state index contributed by atoms with van der Waals surface area (Å²) in [5.41, 5.74) is 5.77. The van der Waals surface area contributed by atoms with E-state index in [-0.39, 0.29) is 11.3 Å². The second-order valence-electron chi connectivity index (χ2n) is 6.74. The summed E-state index contributed by atoms with van der Waals surface area (Å²) in [5.74, 6) is 0.638. The first-order valence-corrected chi connectivity index (χ1v) is 7.76. The van der Waals surface area contributed by atoms with Crippen molar-refractivity contribution in [2.75, 3.05) is 39.3 Å². The lowest BCUT2D eigenvalue weighted by atomic mass is 9.68. The molecule has 2 rings (SSSR count). The van der Waals surface area contributed by atoms with Crippen molar-refractivity contribution in [3.8, 4) is 0 Å². The number of hydrogen-bond donors (Lipinski definition) is 1. The van der Waals surface area contributed by atoms with Gasteiger partial charge < -0.3 is 10.6 Å². The first kappa shape index (κ1) is 14.8. The van der Waals surface area contributed by atoms with Gasteiger partial charge in [-0.2, -0.15) is 0 Å². The van der Waals surface area contributed by atoms with E-state index in [1.54, 1.807) is 0 Å². The first-order chi connectivity index (χ1) is 9.04. The number of rotatable bonds is 3. The smallest absolute Gasteiger partial charge is 0.226 e. The van der Waals surface area contributed by atoms with Crippen LogP contribution in [0.1, 0.15) is 39.5 Å². The van der Waals surface area contributed by atoms with Crippen molar-refractivity contribution in [1.29, 1.82) is 0 Å². The summed E-state index contributed by atoms with van der Waals surface area (Å²) in [6, 6.07) is 0. The molecule has 0 aromatic rings. The van der Waals surface area contributed by atoms with Gasteiger partial charge in [-0.15, -0.1) is 0 Å². The Morgan fingerprint density at radius 2 is 1.89 bits per heavy atom. The predicted octanol–water partition coefficient (Wildman–Crippen LogP) is 1.31. The topological polar surface area (TPSA) is 49.6 Å². The first-order valence-electron chi connectivity index (χ1n) is 7.76. The molecule has 4 nitrogen and oxygen atoms in total. The van der Waals surface area contributed by atoms with Crippen molar-refractivity contribution in [2.45, 2.75) is 39.5 Å². The van der Waals surface area contributed by atoms with Gasteiger partial charge in [0.25, 0.3) is 0 Å². The number of amides is 1.